The Bertz CT molecular complexity index is 169. The molecule has 1 fully saturated rings. The van der Waals surface area contributed by atoms with Gasteiger partial charge in [0.1, 0.15) is 0 Å². The predicted molar refractivity (Wildman–Crippen MR) is 43.2 cm³/mol. The van der Waals surface area contributed by atoms with E-state index in [1.807, 2.05) is 0 Å². The minimum Gasteiger partial charge on any atom is -0.147 e. The summed E-state index contributed by atoms with van der Waals surface area (Å²) in [5.41, 5.74) is 0. The summed E-state index contributed by atoms with van der Waals surface area (Å²) in [6.07, 6.45) is 6.74. The quantitative estimate of drug-likeness (QED) is 0.698. The average molecular weight is 267 g/mol. The van der Waals surface area contributed by atoms with Gasteiger partial charge in [0.05, 0.1) is 0 Å². The molecule has 0 spiro atoms. The molecule has 0 aliphatic heterocycles. The van der Waals surface area contributed by atoms with Crippen LogP contribution >= 0.6 is 12.4 Å². The van der Waals surface area contributed by atoms with Crippen LogP contribution in [-0.4, -0.2) is 7.11 Å². The summed E-state index contributed by atoms with van der Waals surface area (Å²) in [7, 11) is 1.81. The summed E-state index contributed by atoms with van der Waals surface area (Å²) < 4.78 is 6.78. The van der Waals surface area contributed by atoms with Crippen LogP contribution in [0, 0.1) is 11.8 Å². The Morgan fingerprint density at radius 3 is 2.82 bits per heavy atom. The maximum Gasteiger partial charge on any atom is -0.147 e. The Morgan fingerprint density at radius 1 is 1.55 bits per heavy atom. The van der Waals surface area contributed by atoms with Gasteiger partial charge in [0.15, 0.2) is 0 Å². The van der Waals surface area contributed by atoms with Gasteiger partial charge in [-0.1, -0.05) is 0 Å². The van der Waals surface area contributed by atoms with Gasteiger partial charge in [0, 0.05) is 0 Å². The summed E-state index contributed by atoms with van der Waals surface area (Å²) >= 11 is 0.464. The Hall–Kier alpha value is 0.652. The van der Waals surface area contributed by atoms with E-state index in [9.17, 15) is 0 Å². The normalized spacial score (nSPS) is 33.7. The van der Waals surface area contributed by atoms with Crippen LogP contribution in [0.25, 0.3) is 0 Å². The van der Waals surface area contributed by atoms with E-state index in [4.69, 9.17) is 3.46 Å². The number of rotatable bonds is 2. The zero-order valence-electron chi connectivity index (χ0n) is 6.49. The maximum absolute atomic E-state index is 5.16. The summed E-state index contributed by atoms with van der Waals surface area (Å²) in [6.45, 7) is 0. The molecule has 2 rings (SSSR count). The van der Waals surface area contributed by atoms with E-state index in [1.165, 1.54) is 19.3 Å². The van der Waals surface area contributed by atoms with Crippen LogP contribution in [0.15, 0.2) is 10.1 Å². The van der Waals surface area contributed by atoms with Gasteiger partial charge in [-0.3, -0.25) is 0 Å². The third-order valence-corrected chi connectivity index (χ3v) is 3.94. The van der Waals surface area contributed by atoms with E-state index in [-0.39, 0.29) is 12.4 Å². The van der Waals surface area contributed by atoms with Gasteiger partial charge in [0.2, 0.25) is 0 Å². The topological polar surface area (TPSA) is 9.23 Å². The van der Waals surface area contributed by atoms with Gasteiger partial charge < -0.3 is 0 Å². The minimum absolute atomic E-state index is 0. The Morgan fingerprint density at radius 2 is 2.36 bits per heavy atom. The standard InChI is InChI=1S/C7H9.CH3O.ClH.Pd/c1-2-7-4-3-6(1)5-7;1-2;;/h1,6-7H,3-5H2;1H3;1H;/q;-1;;+1. The second-order valence-electron chi connectivity index (χ2n) is 2.98. The first-order valence-corrected chi connectivity index (χ1v) is 5.15. The fourth-order valence-corrected chi connectivity index (χ4v) is 3.40. The molecule has 0 N–H and O–H groups in total. The first-order valence-electron chi connectivity index (χ1n) is 3.74. The summed E-state index contributed by atoms with van der Waals surface area (Å²) in [6, 6.07) is 0. The number of fused-ring (bicyclic) bond motifs is 2. The molecular formula is C8H13ClOPd. The van der Waals surface area contributed by atoms with Crippen LogP contribution in [0.5, 0.6) is 0 Å². The Kier molecular flexibility index (Phi) is 3.59. The average Bonchev–Trinajstić information content (AvgIpc) is 2.48. The van der Waals surface area contributed by atoms with E-state index < -0.39 is 0 Å². The van der Waals surface area contributed by atoms with Crippen LogP contribution in [0.1, 0.15) is 19.3 Å². The number of hydrogen-bond donors (Lipinski definition) is 0. The first-order chi connectivity index (χ1) is 4.90. The third-order valence-electron chi connectivity index (χ3n) is 2.36. The fourth-order valence-electron chi connectivity index (χ4n) is 1.90. The minimum atomic E-state index is 0. The number of allylic oxidation sites excluding steroid dienone is 2. The largest absolute Gasteiger partial charge is 0.147 e. The second-order valence-corrected chi connectivity index (χ2v) is 4.83. The van der Waals surface area contributed by atoms with Crippen molar-refractivity contribution in [2.24, 2.45) is 11.8 Å². The third kappa shape index (κ3) is 1.87. The van der Waals surface area contributed by atoms with E-state index in [1.54, 1.807) is 11.2 Å². The molecule has 1 nitrogen and oxygen atoms in total. The molecule has 0 amide bonds. The summed E-state index contributed by atoms with van der Waals surface area (Å²) in [5.74, 6) is 1.84. The number of halogens is 1. The van der Waals surface area contributed by atoms with Crippen LogP contribution in [0.4, 0.5) is 0 Å². The molecule has 0 aromatic heterocycles. The molecule has 2 bridgehead atoms. The van der Waals surface area contributed by atoms with Crippen molar-refractivity contribution in [1.29, 1.82) is 0 Å². The van der Waals surface area contributed by atoms with Gasteiger partial charge in [-0.25, -0.2) is 0 Å². The van der Waals surface area contributed by atoms with Crippen molar-refractivity contribution in [1.82, 2.24) is 0 Å². The van der Waals surface area contributed by atoms with Crippen molar-refractivity contribution in [3.63, 3.8) is 0 Å². The van der Waals surface area contributed by atoms with Gasteiger partial charge in [0.25, 0.3) is 0 Å². The second kappa shape index (κ2) is 4.05. The van der Waals surface area contributed by atoms with Crippen molar-refractivity contribution in [2.45, 2.75) is 19.3 Å². The van der Waals surface area contributed by atoms with Crippen molar-refractivity contribution in [3.8, 4) is 0 Å². The molecule has 2 aliphatic carbocycles. The van der Waals surface area contributed by atoms with Gasteiger partial charge >= 0.3 is 70.1 Å². The van der Waals surface area contributed by atoms with Crippen LogP contribution in [0.3, 0.4) is 0 Å². The van der Waals surface area contributed by atoms with Crippen molar-refractivity contribution >= 4 is 12.4 Å². The molecule has 11 heavy (non-hydrogen) atoms. The maximum atomic E-state index is 5.16. The Balaban J connectivity index is 0.000000605. The van der Waals surface area contributed by atoms with Crippen molar-refractivity contribution in [3.05, 3.63) is 10.1 Å². The molecule has 0 aromatic rings. The predicted octanol–water partition coefficient (Wildman–Crippen LogP) is 2.37. The van der Waals surface area contributed by atoms with Crippen molar-refractivity contribution in [2.75, 3.05) is 7.11 Å². The van der Waals surface area contributed by atoms with Crippen LogP contribution < -0.4 is 0 Å². The van der Waals surface area contributed by atoms with Crippen LogP contribution in [-0.2, 0) is 21.8 Å². The summed E-state index contributed by atoms with van der Waals surface area (Å²) in [4.78, 5) is 0. The number of hydrogen-bond acceptors (Lipinski definition) is 1. The van der Waals surface area contributed by atoms with E-state index in [0.717, 1.165) is 11.8 Å². The molecule has 2 unspecified atom stereocenters. The molecule has 0 aromatic carbocycles. The molecule has 2 atom stereocenters. The monoisotopic (exact) mass is 266 g/mol. The molecular weight excluding hydrogens is 254 g/mol. The smallest absolute Gasteiger partial charge is 0.147 e. The molecule has 2 aliphatic rings. The van der Waals surface area contributed by atoms with E-state index in [0.29, 0.717) is 18.4 Å². The molecule has 3 heteroatoms. The molecule has 0 heterocycles. The zero-order valence-corrected chi connectivity index (χ0v) is 8.86. The molecule has 0 saturated heterocycles. The van der Waals surface area contributed by atoms with Gasteiger partial charge in [-0.15, -0.1) is 12.4 Å². The molecule has 0 radical (unpaired) electrons. The fraction of sp³-hybridized carbons (Fsp3) is 0.750. The van der Waals surface area contributed by atoms with Crippen LogP contribution in [0.2, 0.25) is 0 Å². The van der Waals surface area contributed by atoms with Gasteiger partial charge in [-0.2, -0.15) is 0 Å². The van der Waals surface area contributed by atoms with E-state index >= 15 is 0 Å². The van der Waals surface area contributed by atoms with Gasteiger partial charge in [-0.05, 0) is 0 Å². The summed E-state index contributed by atoms with van der Waals surface area (Å²) in [5, 5.41) is 0. The SMILES string of the molecule is C[O][Pd][C]1=CC2CCC1C2.Cl. The van der Waals surface area contributed by atoms with Crippen molar-refractivity contribution < 1.29 is 21.8 Å². The Labute approximate surface area is 82.6 Å². The van der Waals surface area contributed by atoms with E-state index in [2.05, 4.69) is 6.08 Å². The molecule has 68 valence electrons. The first kappa shape index (κ1) is 9.74. The molecule has 1 saturated carbocycles. The zero-order chi connectivity index (χ0) is 6.97.